The van der Waals surface area contributed by atoms with E-state index in [1.54, 1.807) is 0 Å². The largest absolute Gasteiger partial charge is 0.467 e. The highest BCUT2D eigenvalue weighted by Crippen LogP contribution is 2.30. The van der Waals surface area contributed by atoms with E-state index in [-0.39, 0.29) is 24.8 Å². The molecule has 6 nitrogen and oxygen atoms in total. The smallest absolute Gasteiger partial charge is 0.328 e. The molecule has 122 valence electrons. The lowest BCUT2D eigenvalue weighted by molar-refractivity contribution is -0.150. The van der Waals surface area contributed by atoms with Crippen molar-refractivity contribution in [3.05, 3.63) is 29.6 Å². The van der Waals surface area contributed by atoms with E-state index < -0.39 is 17.8 Å². The molecule has 0 aliphatic carbocycles. The van der Waals surface area contributed by atoms with Crippen LogP contribution in [0.2, 0.25) is 0 Å². The molecule has 1 fully saturated rings. The van der Waals surface area contributed by atoms with Crippen molar-refractivity contribution in [2.45, 2.75) is 25.3 Å². The van der Waals surface area contributed by atoms with Crippen LogP contribution in [0.25, 0.3) is 0 Å². The van der Waals surface area contributed by atoms with Crippen LogP contribution in [-0.4, -0.2) is 48.9 Å². The molecule has 0 spiro atoms. The van der Waals surface area contributed by atoms with Gasteiger partial charge in [-0.05, 0) is 36.6 Å². The molecule has 0 N–H and O–H groups in total. The molecule has 23 heavy (non-hydrogen) atoms. The van der Waals surface area contributed by atoms with Crippen LogP contribution < -0.4 is 4.90 Å². The van der Waals surface area contributed by atoms with Crippen molar-refractivity contribution in [1.29, 1.82) is 0 Å². The second kappa shape index (κ2) is 5.98. The van der Waals surface area contributed by atoms with Gasteiger partial charge in [0.25, 0.3) is 0 Å². The van der Waals surface area contributed by atoms with E-state index in [0.717, 1.165) is 6.42 Å². The Hall–Kier alpha value is -2.44. The van der Waals surface area contributed by atoms with E-state index >= 15 is 0 Å². The lowest BCUT2D eigenvalue weighted by Gasteiger charge is -2.25. The molecule has 0 saturated carbocycles. The van der Waals surface area contributed by atoms with Crippen LogP contribution in [0.5, 0.6) is 0 Å². The maximum atomic E-state index is 13.2. The number of rotatable bonds is 3. The Labute approximate surface area is 132 Å². The van der Waals surface area contributed by atoms with E-state index in [9.17, 15) is 18.8 Å². The predicted octanol–water partition coefficient (Wildman–Crippen LogP) is 0.879. The van der Waals surface area contributed by atoms with E-state index in [4.69, 9.17) is 4.74 Å². The van der Waals surface area contributed by atoms with E-state index in [0.29, 0.717) is 24.2 Å². The maximum absolute atomic E-state index is 13.2. The van der Waals surface area contributed by atoms with Gasteiger partial charge in [0, 0.05) is 12.2 Å². The summed E-state index contributed by atoms with van der Waals surface area (Å²) in [5, 5.41) is 0. The summed E-state index contributed by atoms with van der Waals surface area (Å²) < 4.78 is 18.0. The number of likely N-dealkylation sites (tertiary alicyclic amines) is 1. The third-order valence-electron chi connectivity index (χ3n) is 4.31. The molecule has 2 aliphatic heterocycles. The van der Waals surface area contributed by atoms with Crippen LogP contribution in [0.15, 0.2) is 18.2 Å². The first-order valence-corrected chi connectivity index (χ1v) is 7.47. The number of anilines is 1. The summed E-state index contributed by atoms with van der Waals surface area (Å²) in [5.74, 6) is -1.39. The molecule has 0 aromatic heterocycles. The predicted molar refractivity (Wildman–Crippen MR) is 79.2 cm³/mol. The van der Waals surface area contributed by atoms with Gasteiger partial charge in [0.2, 0.25) is 11.8 Å². The molecular weight excluding hydrogens is 303 g/mol. The van der Waals surface area contributed by atoms with Gasteiger partial charge < -0.3 is 14.5 Å². The van der Waals surface area contributed by atoms with Gasteiger partial charge in [0.1, 0.15) is 18.4 Å². The molecule has 1 unspecified atom stereocenters. The SMILES string of the molecule is COC(=O)C1CCCN1C(=O)CN1C(=O)Cc2cc(F)ccc21. The number of ether oxygens (including phenoxy) is 1. The quantitative estimate of drug-likeness (QED) is 0.776. The zero-order valence-electron chi connectivity index (χ0n) is 12.8. The third-order valence-corrected chi connectivity index (χ3v) is 4.31. The molecule has 0 radical (unpaired) electrons. The normalized spacial score (nSPS) is 19.9. The number of hydrogen-bond donors (Lipinski definition) is 0. The molecule has 1 aromatic carbocycles. The Bertz CT molecular complexity index is 676. The lowest BCUT2D eigenvalue weighted by Crippen LogP contribution is -2.46. The Morgan fingerprint density at radius 1 is 1.39 bits per heavy atom. The highest BCUT2D eigenvalue weighted by molar-refractivity contribution is 6.05. The number of halogens is 1. The second-order valence-electron chi connectivity index (χ2n) is 5.70. The molecule has 1 saturated heterocycles. The first kappa shape index (κ1) is 15.5. The minimum absolute atomic E-state index is 0.0841. The average molecular weight is 320 g/mol. The van der Waals surface area contributed by atoms with Crippen LogP contribution in [0.3, 0.4) is 0 Å². The maximum Gasteiger partial charge on any atom is 0.328 e. The molecule has 1 aromatic rings. The molecule has 2 aliphatic rings. The highest BCUT2D eigenvalue weighted by atomic mass is 19.1. The van der Waals surface area contributed by atoms with Crippen molar-refractivity contribution in [2.75, 3.05) is 25.1 Å². The first-order chi connectivity index (χ1) is 11.0. The molecular formula is C16H17FN2O4. The van der Waals surface area contributed by atoms with Crippen molar-refractivity contribution in [3.8, 4) is 0 Å². The summed E-state index contributed by atoms with van der Waals surface area (Å²) in [7, 11) is 1.29. The molecule has 3 rings (SSSR count). The Morgan fingerprint density at radius 3 is 2.91 bits per heavy atom. The third kappa shape index (κ3) is 2.78. The van der Waals surface area contributed by atoms with Gasteiger partial charge in [-0.25, -0.2) is 9.18 Å². The summed E-state index contributed by atoms with van der Waals surface area (Å²) in [6, 6.07) is 3.50. The van der Waals surface area contributed by atoms with Gasteiger partial charge in [0.15, 0.2) is 0 Å². The fraction of sp³-hybridized carbons (Fsp3) is 0.438. The summed E-state index contributed by atoms with van der Waals surface area (Å²) in [5.41, 5.74) is 1.13. The van der Waals surface area contributed by atoms with Crippen molar-refractivity contribution in [2.24, 2.45) is 0 Å². The van der Waals surface area contributed by atoms with Crippen molar-refractivity contribution >= 4 is 23.5 Å². The minimum atomic E-state index is -0.585. The zero-order chi connectivity index (χ0) is 16.6. The van der Waals surface area contributed by atoms with E-state index in [1.807, 2.05) is 0 Å². The second-order valence-corrected chi connectivity index (χ2v) is 5.70. The number of hydrogen-bond acceptors (Lipinski definition) is 4. The molecule has 0 bridgehead atoms. The van der Waals surface area contributed by atoms with Crippen LogP contribution in [0, 0.1) is 5.82 Å². The molecule has 2 amide bonds. The van der Waals surface area contributed by atoms with Crippen LogP contribution in [-0.2, 0) is 25.5 Å². The Kier molecular flexibility index (Phi) is 4.02. The van der Waals surface area contributed by atoms with Crippen LogP contribution >= 0.6 is 0 Å². The Morgan fingerprint density at radius 2 is 2.17 bits per heavy atom. The summed E-state index contributed by atoms with van der Waals surface area (Å²) in [4.78, 5) is 39.1. The standard InChI is InChI=1S/C16H17FN2O4/c1-23-16(22)13-3-2-6-18(13)15(21)9-19-12-5-4-11(17)7-10(12)8-14(19)20/h4-5,7,13H,2-3,6,8-9H2,1H3. The molecule has 1 atom stereocenters. The number of methoxy groups -OCH3 is 1. The van der Waals surface area contributed by atoms with Gasteiger partial charge in [-0.2, -0.15) is 0 Å². The number of amides is 2. The lowest BCUT2D eigenvalue weighted by atomic mass is 10.1. The number of carbonyl (C=O) groups excluding carboxylic acids is 3. The van der Waals surface area contributed by atoms with Gasteiger partial charge >= 0.3 is 5.97 Å². The number of esters is 1. The van der Waals surface area contributed by atoms with E-state index in [2.05, 4.69) is 0 Å². The zero-order valence-corrected chi connectivity index (χ0v) is 12.8. The molecule has 2 heterocycles. The number of benzene rings is 1. The van der Waals surface area contributed by atoms with E-state index in [1.165, 1.54) is 35.1 Å². The van der Waals surface area contributed by atoms with Gasteiger partial charge in [-0.3, -0.25) is 9.59 Å². The summed E-state index contributed by atoms with van der Waals surface area (Å²) >= 11 is 0. The fourth-order valence-electron chi connectivity index (χ4n) is 3.20. The van der Waals surface area contributed by atoms with Gasteiger partial charge in [-0.1, -0.05) is 0 Å². The van der Waals surface area contributed by atoms with Gasteiger partial charge in [0.05, 0.1) is 13.5 Å². The first-order valence-electron chi connectivity index (χ1n) is 7.47. The average Bonchev–Trinajstić information content (AvgIpc) is 3.11. The van der Waals surface area contributed by atoms with Crippen molar-refractivity contribution in [1.82, 2.24) is 4.90 Å². The van der Waals surface area contributed by atoms with Crippen LogP contribution in [0.4, 0.5) is 10.1 Å². The number of fused-ring (bicyclic) bond motifs is 1. The van der Waals surface area contributed by atoms with Gasteiger partial charge in [-0.15, -0.1) is 0 Å². The summed E-state index contributed by atoms with van der Waals surface area (Å²) in [6.45, 7) is 0.321. The number of carbonyl (C=O) groups is 3. The Balaban J connectivity index is 1.76. The summed E-state index contributed by atoms with van der Waals surface area (Å²) in [6.07, 6.45) is 1.37. The number of nitrogens with zero attached hydrogens (tertiary/aromatic N) is 2. The van der Waals surface area contributed by atoms with Crippen LogP contribution in [0.1, 0.15) is 18.4 Å². The minimum Gasteiger partial charge on any atom is -0.467 e. The molecule has 7 heteroatoms. The fourth-order valence-corrected chi connectivity index (χ4v) is 3.20. The highest BCUT2D eigenvalue weighted by Gasteiger charge is 2.37. The van der Waals surface area contributed by atoms with Crippen molar-refractivity contribution < 1.29 is 23.5 Å². The monoisotopic (exact) mass is 320 g/mol. The topological polar surface area (TPSA) is 66.9 Å². The van der Waals surface area contributed by atoms with Crippen molar-refractivity contribution in [3.63, 3.8) is 0 Å².